The summed E-state index contributed by atoms with van der Waals surface area (Å²) >= 11 is 0. The first-order valence-corrected chi connectivity index (χ1v) is 7.60. The lowest BCUT2D eigenvalue weighted by Crippen LogP contribution is -2.25. The topological polar surface area (TPSA) is 30.3 Å². The molecule has 1 aromatic carbocycles. The second kappa shape index (κ2) is 4.70. The number of methoxy groups -OCH3 is 1. The van der Waals surface area contributed by atoms with Crippen LogP contribution in [0.15, 0.2) is 12.1 Å². The molecule has 1 aliphatic carbocycles. The fourth-order valence-electron chi connectivity index (χ4n) is 3.69. The van der Waals surface area contributed by atoms with Gasteiger partial charge in [-0.15, -0.1) is 0 Å². The highest BCUT2D eigenvalue weighted by atomic mass is 19.1. The van der Waals surface area contributed by atoms with Gasteiger partial charge >= 0.3 is 0 Å². The molecule has 0 bridgehead atoms. The number of halogens is 1. The van der Waals surface area contributed by atoms with E-state index in [1.54, 1.807) is 10.7 Å². The number of aryl methyl sites for hydroxylation is 1. The maximum Gasteiger partial charge on any atom is 0.167 e. The minimum atomic E-state index is -0.333. The minimum Gasteiger partial charge on any atom is -0.494 e. The van der Waals surface area contributed by atoms with Crippen molar-refractivity contribution in [3.8, 4) is 5.75 Å². The molecule has 1 saturated heterocycles. The van der Waals surface area contributed by atoms with Gasteiger partial charge in [0, 0.05) is 37.5 Å². The summed E-state index contributed by atoms with van der Waals surface area (Å²) < 4.78 is 20.7. The molecule has 1 aliphatic heterocycles. The predicted molar refractivity (Wildman–Crippen MR) is 79.0 cm³/mol. The first kappa shape index (κ1) is 13.1. The maximum absolute atomic E-state index is 13.8. The van der Waals surface area contributed by atoms with Crippen LogP contribution in [0.1, 0.15) is 18.5 Å². The summed E-state index contributed by atoms with van der Waals surface area (Å²) in [7, 11) is 3.36. The summed E-state index contributed by atoms with van der Waals surface area (Å²) in [6.45, 7) is 2.27. The molecule has 21 heavy (non-hydrogen) atoms. The van der Waals surface area contributed by atoms with Crippen LogP contribution in [0.25, 0.3) is 10.9 Å². The Balaban J connectivity index is 1.61. The van der Waals surface area contributed by atoms with E-state index in [1.807, 2.05) is 7.05 Å². The number of benzene rings is 1. The second-order valence-corrected chi connectivity index (χ2v) is 6.21. The van der Waals surface area contributed by atoms with Crippen LogP contribution in [-0.4, -0.2) is 40.9 Å². The molecule has 0 N–H and O–H groups in total. The molecule has 5 heteroatoms. The Labute approximate surface area is 123 Å². The monoisotopic (exact) mass is 289 g/mol. The van der Waals surface area contributed by atoms with E-state index >= 15 is 0 Å². The van der Waals surface area contributed by atoms with Gasteiger partial charge in [0.1, 0.15) is 0 Å². The van der Waals surface area contributed by atoms with Gasteiger partial charge in [0.2, 0.25) is 0 Å². The van der Waals surface area contributed by atoms with E-state index < -0.39 is 0 Å². The average molecular weight is 289 g/mol. The number of ether oxygens (including phenoxy) is 1. The molecule has 2 unspecified atom stereocenters. The lowest BCUT2D eigenvalue weighted by molar-refractivity contribution is 0.303. The Kier molecular flexibility index (Phi) is 2.92. The predicted octanol–water partition coefficient (Wildman–Crippen LogP) is 2.36. The van der Waals surface area contributed by atoms with Crippen LogP contribution < -0.4 is 4.74 Å². The summed E-state index contributed by atoms with van der Waals surface area (Å²) in [5.41, 5.74) is 1.86. The van der Waals surface area contributed by atoms with E-state index in [1.165, 1.54) is 32.6 Å². The number of rotatable bonds is 4. The molecular formula is C16H20FN3O. The van der Waals surface area contributed by atoms with Gasteiger partial charge < -0.3 is 4.74 Å². The van der Waals surface area contributed by atoms with Crippen molar-refractivity contribution in [2.24, 2.45) is 13.0 Å². The molecule has 2 aliphatic rings. The van der Waals surface area contributed by atoms with Crippen molar-refractivity contribution in [2.45, 2.75) is 25.3 Å². The standard InChI is InChI=1S/C16H20FN3O/c1-19-15-9-12(17)16(21-2)8-11(15)13(18-19)4-6-20-5-3-10-7-14(10)20/h8-10,14H,3-7H2,1-2H3. The number of aromatic nitrogens is 2. The summed E-state index contributed by atoms with van der Waals surface area (Å²) in [6, 6.07) is 4.11. The number of piperidine rings is 1. The van der Waals surface area contributed by atoms with Crippen molar-refractivity contribution in [3.05, 3.63) is 23.6 Å². The van der Waals surface area contributed by atoms with Crippen LogP contribution in [0, 0.1) is 11.7 Å². The molecule has 2 fully saturated rings. The van der Waals surface area contributed by atoms with Crippen molar-refractivity contribution in [1.82, 2.24) is 14.7 Å². The Hall–Kier alpha value is -1.62. The minimum absolute atomic E-state index is 0.292. The Morgan fingerprint density at radius 1 is 1.43 bits per heavy atom. The lowest BCUT2D eigenvalue weighted by atomic mass is 10.1. The van der Waals surface area contributed by atoms with Gasteiger partial charge in [-0.25, -0.2) is 4.39 Å². The fraction of sp³-hybridized carbons (Fsp3) is 0.562. The number of nitrogens with zero attached hydrogens (tertiary/aromatic N) is 3. The van der Waals surface area contributed by atoms with Crippen LogP contribution >= 0.6 is 0 Å². The van der Waals surface area contributed by atoms with E-state index in [0.29, 0.717) is 5.75 Å². The van der Waals surface area contributed by atoms with Crippen molar-refractivity contribution >= 4 is 10.9 Å². The third-order valence-electron chi connectivity index (χ3n) is 4.98. The quantitative estimate of drug-likeness (QED) is 0.865. The van der Waals surface area contributed by atoms with Crippen molar-refractivity contribution in [1.29, 1.82) is 0 Å². The van der Waals surface area contributed by atoms with Crippen molar-refractivity contribution in [2.75, 3.05) is 20.2 Å². The molecule has 2 aromatic rings. The smallest absolute Gasteiger partial charge is 0.167 e. The number of hydrogen-bond acceptors (Lipinski definition) is 3. The Morgan fingerprint density at radius 3 is 2.95 bits per heavy atom. The zero-order chi connectivity index (χ0) is 14.6. The maximum atomic E-state index is 13.8. The fourth-order valence-corrected chi connectivity index (χ4v) is 3.69. The summed E-state index contributed by atoms with van der Waals surface area (Å²) in [4.78, 5) is 2.58. The molecule has 4 nitrogen and oxygen atoms in total. The van der Waals surface area contributed by atoms with E-state index in [0.717, 1.165) is 41.5 Å². The van der Waals surface area contributed by atoms with Crippen LogP contribution in [-0.2, 0) is 13.5 Å². The van der Waals surface area contributed by atoms with Crippen LogP contribution in [0.3, 0.4) is 0 Å². The number of hydrogen-bond donors (Lipinski definition) is 0. The van der Waals surface area contributed by atoms with Gasteiger partial charge in [-0.2, -0.15) is 5.10 Å². The molecule has 2 heterocycles. The first-order valence-electron chi connectivity index (χ1n) is 7.60. The summed E-state index contributed by atoms with van der Waals surface area (Å²) in [6.07, 6.45) is 3.64. The van der Waals surface area contributed by atoms with Crippen molar-refractivity contribution < 1.29 is 9.13 Å². The van der Waals surface area contributed by atoms with Crippen LogP contribution in [0.5, 0.6) is 5.75 Å². The van der Waals surface area contributed by atoms with E-state index in [4.69, 9.17) is 4.74 Å². The van der Waals surface area contributed by atoms with Crippen molar-refractivity contribution in [3.63, 3.8) is 0 Å². The molecule has 1 saturated carbocycles. The highest BCUT2D eigenvalue weighted by molar-refractivity contribution is 5.83. The normalized spacial score (nSPS) is 24.5. The van der Waals surface area contributed by atoms with Crippen LogP contribution in [0.4, 0.5) is 4.39 Å². The van der Waals surface area contributed by atoms with Crippen LogP contribution in [0.2, 0.25) is 0 Å². The molecule has 0 spiro atoms. The molecule has 0 amide bonds. The van der Waals surface area contributed by atoms with Gasteiger partial charge in [-0.1, -0.05) is 0 Å². The van der Waals surface area contributed by atoms with Gasteiger partial charge in [0.25, 0.3) is 0 Å². The highest BCUT2D eigenvalue weighted by Gasteiger charge is 2.46. The van der Waals surface area contributed by atoms with E-state index in [2.05, 4.69) is 10.00 Å². The van der Waals surface area contributed by atoms with Gasteiger partial charge in [0.15, 0.2) is 11.6 Å². The molecule has 1 aromatic heterocycles. The largest absolute Gasteiger partial charge is 0.494 e. The molecule has 0 radical (unpaired) electrons. The summed E-state index contributed by atoms with van der Waals surface area (Å²) in [5.74, 6) is 0.916. The van der Waals surface area contributed by atoms with E-state index in [-0.39, 0.29) is 5.82 Å². The number of fused-ring (bicyclic) bond motifs is 2. The lowest BCUT2D eigenvalue weighted by Gasteiger charge is -2.16. The third-order valence-corrected chi connectivity index (χ3v) is 4.98. The molecule has 2 atom stereocenters. The second-order valence-electron chi connectivity index (χ2n) is 6.21. The summed E-state index contributed by atoms with van der Waals surface area (Å²) in [5, 5.41) is 5.58. The Morgan fingerprint density at radius 2 is 2.29 bits per heavy atom. The average Bonchev–Trinajstić information content (AvgIpc) is 3.06. The van der Waals surface area contributed by atoms with E-state index in [9.17, 15) is 4.39 Å². The SMILES string of the molecule is COc1cc2c(CCN3CCC4CC43)nn(C)c2cc1F. The highest BCUT2D eigenvalue weighted by Crippen LogP contribution is 2.44. The first-order chi connectivity index (χ1) is 10.2. The third kappa shape index (κ3) is 2.11. The van der Waals surface area contributed by atoms with Gasteiger partial charge in [-0.3, -0.25) is 9.58 Å². The zero-order valence-corrected chi connectivity index (χ0v) is 12.5. The zero-order valence-electron chi connectivity index (χ0n) is 12.5. The molecule has 4 rings (SSSR count). The Bertz CT molecular complexity index is 696. The number of likely N-dealkylation sites (tertiary alicyclic amines) is 1. The molecular weight excluding hydrogens is 269 g/mol. The molecule has 112 valence electrons. The van der Waals surface area contributed by atoms with Gasteiger partial charge in [-0.05, 0) is 31.4 Å². The van der Waals surface area contributed by atoms with Gasteiger partial charge in [0.05, 0.1) is 18.3 Å².